The molecular formula is C12H21NO2. The van der Waals surface area contributed by atoms with Crippen LogP contribution in [0.15, 0.2) is 12.2 Å². The molecule has 1 rings (SSSR count). The second-order valence-electron chi connectivity index (χ2n) is 5.11. The highest BCUT2D eigenvalue weighted by atomic mass is 16.6. The molecule has 15 heavy (non-hydrogen) atoms. The van der Waals surface area contributed by atoms with Gasteiger partial charge in [-0.15, -0.1) is 0 Å². The van der Waals surface area contributed by atoms with E-state index >= 15 is 0 Å². The maximum atomic E-state index is 11.8. The fourth-order valence-electron chi connectivity index (χ4n) is 1.59. The van der Waals surface area contributed by atoms with E-state index < -0.39 is 5.60 Å². The van der Waals surface area contributed by atoms with Gasteiger partial charge in [0.15, 0.2) is 0 Å². The van der Waals surface area contributed by atoms with Crippen LogP contribution in [0.3, 0.4) is 0 Å². The molecule has 1 fully saturated rings. The molecule has 1 aliphatic rings. The third kappa shape index (κ3) is 4.36. The molecule has 3 heteroatoms. The highest BCUT2D eigenvalue weighted by molar-refractivity contribution is 5.68. The monoisotopic (exact) mass is 211 g/mol. The lowest BCUT2D eigenvalue weighted by molar-refractivity contribution is 0.0271. The average Bonchev–Trinajstić information content (AvgIpc) is 2.26. The van der Waals surface area contributed by atoms with Gasteiger partial charge in [-0.05, 0) is 40.0 Å². The van der Waals surface area contributed by atoms with Gasteiger partial charge in [-0.1, -0.05) is 12.2 Å². The smallest absolute Gasteiger partial charge is 0.410 e. The Morgan fingerprint density at radius 1 is 1.40 bits per heavy atom. The van der Waals surface area contributed by atoms with Crippen molar-refractivity contribution >= 4 is 6.09 Å². The van der Waals surface area contributed by atoms with Crippen LogP contribution in [0.5, 0.6) is 0 Å². The summed E-state index contributed by atoms with van der Waals surface area (Å²) in [5.41, 5.74) is 0.711. The minimum Gasteiger partial charge on any atom is -0.444 e. The van der Waals surface area contributed by atoms with Crippen molar-refractivity contribution in [2.24, 2.45) is 0 Å². The Morgan fingerprint density at radius 2 is 2.07 bits per heavy atom. The van der Waals surface area contributed by atoms with Crippen LogP contribution in [0.25, 0.3) is 0 Å². The van der Waals surface area contributed by atoms with Gasteiger partial charge in [0.25, 0.3) is 0 Å². The van der Waals surface area contributed by atoms with E-state index in [2.05, 4.69) is 6.58 Å². The molecule has 0 atom stereocenters. The van der Waals surface area contributed by atoms with Crippen LogP contribution in [-0.2, 0) is 4.74 Å². The summed E-state index contributed by atoms with van der Waals surface area (Å²) in [5, 5.41) is 0. The lowest BCUT2D eigenvalue weighted by atomic mass is 10.1. The molecule has 0 aliphatic carbocycles. The fourth-order valence-corrected chi connectivity index (χ4v) is 1.59. The number of amides is 1. The minimum atomic E-state index is -0.412. The van der Waals surface area contributed by atoms with E-state index in [4.69, 9.17) is 4.74 Å². The molecule has 1 heterocycles. The first-order valence-corrected chi connectivity index (χ1v) is 5.53. The van der Waals surface area contributed by atoms with Crippen molar-refractivity contribution in [3.63, 3.8) is 0 Å². The number of nitrogens with zero attached hydrogens (tertiary/aromatic N) is 1. The van der Waals surface area contributed by atoms with E-state index in [9.17, 15) is 4.79 Å². The van der Waals surface area contributed by atoms with Gasteiger partial charge in [-0.2, -0.15) is 0 Å². The second kappa shape index (κ2) is 4.69. The Labute approximate surface area is 92.1 Å². The molecule has 1 amide bonds. The standard InChI is InChI=1S/C12H21NO2/c1-10-7-5-6-8-13(9-10)11(14)15-12(2,3)4/h1,5-9H2,2-4H3. The number of rotatable bonds is 0. The number of hydrogen-bond donors (Lipinski definition) is 0. The first-order valence-electron chi connectivity index (χ1n) is 5.53. The normalized spacial score (nSPS) is 18.6. The molecule has 1 aliphatic heterocycles. The zero-order valence-corrected chi connectivity index (χ0v) is 10.0. The van der Waals surface area contributed by atoms with Gasteiger partial charge in [-0.3, -0.25) is 0 Å². The molecule has 0 aromatic rings. The Bertz CT molecular complexity index is 253. The summed E-state index contributed by atoms with van der Waals surface area (Å²) in [6, 6.07) is 0. The predicted molar refractivity (Wildman–Crippen MR) is 60.8 cm³/mol. The van der Waals surface area contributed by atoms with Crippen LogP contribution in [0.2, 0.25) is 0 Å². The summed E-state index contributed by atoms with van der Waals surface area (Å²) in [4.78, 5) is 13.5. The van der Waals surface area contributed by atoms with Crippen molar-refractivity contribution in [1.82, 2.24) is 4.90 Å². The van der Waals surface area contributed by atoms with Gasteiger partial charge in [-0.25, -0.2) is 4.79 Å². The van der Waals surface area contributed by atoms with Crippen molar-refractivity contribution in [3.8, 4) is 0 Å². The molecule has 0 aromatic carbocycles. The first kappa shape index (κ1) is 12.1. The lowest BCUT2D eigenvalue weighted by Crippen LogP contribution is -2.37. The number of ether oxygens (including phenoxy) is 1. The molecule has 0 radical (unpaired) electrons. The minimum absolute atomic E-state index is 0.217. The predicted octanol–water partition coefficient (Wildman–Crippen LogP) is 2.96. The Hall–Kier alpha value is -0.990. The van der Waals surface area contributed by atoms with E-state index in [1.54, 1.807) is 4.90 Å². The Kier molecular flexibility index (Phi) is 3.77. The Balaban J connectivity index is 2.54. The molecule has 0 aromatic heterocycles. The number of hydrogen-bond acceptors (Lipinski definition) is 2. The fraction of sp³-hybridized carbons (Fsp3) is 0.750. The van der Waals surface area contributed by atoms with Crippen LogP contribution in [-0.4, -0.2) is 29.7 Å². The van der Waals surface area contributed by atoms with E-state index in [1.165, 1.54) is 0 Å². The summed E-state index contributed by atoms with van der Waals surface area (Å²) in [6.45, 7) is 11.0. The molecule has 86 valence electrons. The van der Waals surface area contributed by atoms with Gasteiger partial charge < -0.3 is 9.64 Å². The highest BCUT2D eigenvalue weighted by Gasteiger charge is 2.23. The van der Waals surface area contributed by atoms with E-state index in [0.29, 0.717) is 6.54 Å². The quantitative estimate of drug-likeness (QED) is 0.576. The van der Waals surface area contributed by atoms with Gasteiger partial charge in [0.1, 0.15) is 5.60 Å². The van der Waals surface area contributed by atoms with Crippen LogP contribution < -0.4 is 0 Å². The summed E-state index contributed by atoms with van der Waals surface area (Å²) in [5.74, 6) is 0. The number of likely N-dealkylation sites (tertiary alicyclic amines) is 1. The number of carbonyl (C=O) groups is 1. The molecular weight excluding hydrogens is 190 g/mol. The lowest BCUT2D eigenvalue weighted by Gasteiger charge is -2.26. The summed E-state index contributed by atoms with van der Waals surface area (Å²) in [7, 11) is 0. The van der Waals surface area contributed by atoms with Crippen molar-refractivity contribution in [3.05, 3.63) is 12.2 Å². The van der Waals surface area contributed by atoms with Crippen molar-refractivity contribution in [2.75, 3.05) is 13.1 Å². The van der Waals surface area contributed by atoms with Crippen LogP contribution in [0.1, 0.15) is 40.0 Å². The largest absolute Gasteiger partial charge is 0.444 e. The molecule has 0 spiro atoms. The van der Waals surface area contributed by atoms with Crippen LogP contribution in [0.4, 0.5) is 4.79 Å². The average molecular weight is 211 g/mol. The molecule has 1 saturated heterocycles. The third-order valence-corrected chi connectivity index (χ3v) is 2.27. The topological polar surface area (TPSA) is 29.5 Å². The van der Waals surface area contributed by atoms with Crippen molar-refractivity contribution in [2.45, 2.75) is 45.6 Å². The van der Waals surface area contributed by atoms with Crippen LogP contribution >= 0.6 is 0 Å². The molecule has 3 nitrogen and oxygen atoms in total. The summed E-state index contributed by atoms with van der Waals surface area (Å²) >= 11 is 0. The van der Waals surface area contributed by atoms with Gasteiger partial charge in [0, 0.05) is 13.1 Å². The zero-order valence-electron chi connectivity index (χ0n) is 10.0. The highest BCUT2D eigenvalue weighted by Crippen LogP contribution is 2.17. The first-order chi connectivity index (χ1) is 6.88. The zero-order chi connectivity index (χ0) is 11.5. The van der Waals surface area contributed by atoms with Gasteiger partial charge in [0.2, 0.25) is 0 Å². The second-order valence-corrected chi connectivity index (χ2v) is 5.11. The maximum absolute atomic E-state index is 11.8. The van der Waals surface area contributed by atoms with E-state index in [0.717, 1.165) is 31.4 Å². The number of carbonyl (C=O) groups excluding carboxylic acids is 1. The van der Waals surface area contributed by atoms with Gasteiger partial charge >= 0.3 is 6.09 Å². The molecule has 0 bridgehead atoms. The van der Waals surface area contributed by atoms with Crippen molar-refractivity contribution in [1.29, 1.82) is 0 Å². The molecule has 0 unspecified atom stereocenters. The summed E-state index contributed by atoms with van der Waals surface area (Å²) < 4.78 is 5.33. The van der Waals surface area contributed by atoms with E-state index in [-0.39, 0.29) is 6.09 Å². The molecule has 0 saturated carbocycles. The van der Waals surface area contributed by atoms with Gasteiger partial charge in [0.05, 0.1) is 0 Å². The SMILES string of the molecule is C=C1CCCCN(C(=O)OC(C)(C)C)C1. The Morgan fingerprint density at radius 3 is 2.67 bits per heavy atom. The maximum Gasteiger partial charge on any atom is 0.410 e. The van der Waals surface area contributed by atoms with E-state index in [1.807, 2.05) is 20.8 Å². The van der Waals surface area contributed by atoms with Crippen LogP contribution in [0, 0.1) is 0 Å². The molecule has 0 N–H and O–H groups in total. The van der Waals surface area contributed by atoms with Crippen molar-refractivity contribution < 1.29 is 9.53 Å². The summed E-state index contributed by atoms with van der Waals surface area (Å²) in [6.07, 6.45) is 2.97. The third-order valence-electron chi connectivity index (χ3n) is 2.27.